The van der Waals surface area contributed by atoms with E-state index in [1.54, 1.807) is 18.2 Å². The van der Waals surface area contributed by atoms with Gasteiger partial charge in [-0.25, -0.2) is 0 Å². The van der Waals surface area contributed by atoms with Gasteiger partial charge in [-0.2, -0.15) is 0 Å². The molecule has 2 aromatic rings. The van der Waals surface area contributed by atoms with Gasteiger partial charge >= 0.3 is 192 Å². The van der Waals surface area contributed by atoms with Crippen molar-refractivity contribution < 1.29 is 34.1 Å². The molecule has 0 spiro atoms. The van der Waals surface area contributed by atoms with Gasteiger partial charge in [0, 0.05) is 0 Å². The molecule has 0 aromatic heterocycles. The summed E-state index contributed by atoms with van der Waals surface area (Å²) in [6.45, 7) is 2.62. The van der Waals surface area contributed by atoms with Gasteiger partial charge in [-0.15, -0.1) is 0 Å². The molecular weight excluding hydrogens is 475 g/mol. The normalized spacial score (nSPS) is 11.1. The Morgan fingerprint density at radius 3 is 2.53 bits per heavy atom. The maximum absolute atomic E-state index is 12.8. The molecule has 0 radical (unpaired) electrons. The molecule has 7 heteroatoms. The van der Waals surface area contributed by atoms with Gasteiger partial charge in [-0.3, -0.25) is 0 Å². The zero-order valence-corrected chi connectivity index (χ0v) is 20.2. The molecule has 1 aliphatic heterocycles. The fraction of sp³-hybridized carbons (Fsp3) is 0.222. The second-order valence-corrected chi connectivity index (χ2v) is 8.90. The Kier molecular flexibility index (Phi) is 6.85. The van der Waals surface area contributed by atoms with Crippen molar-refractivity contribution in [3.8, 4) is 22.5 Å². The summed E-state index contributed by atoms with van der Waals surface area (Å²) in [5.41, 5.74) is 3.96. The Balaban J connectivity index is 2.02. The van der Waals surface area contributed by atoms with E-state index in [4.69, 9.17) is 19.4 Å². The zero-order valence-electron chi connectivity index (χ0n) is 19.3. The van der Waals surface area contributed by atoms with Crippen molar-refractivity contribution in [2.24, 2.45) is 0 Å². The average molecular weight is 501 g/mol. The number of benzene rings is 3. The Hall–Kier alpha value is -3.44. The van der Waals surface area contributed by atoms with Crippen molar-refractivity contribution in [2.45, 2.75) is 19.8 Å². The number of carbonyl (C=O) groups is 2. The third kappa shape index (κ3) is 4.62. The van der Waals surface area contributed by atoms with Gasteiger partial charge in [0.05, 0.1) is 0 Å². The molecule has 34 heavy (non-hydrogen) atoms. The van der Waals surface area contributed by atoms with Crippen LogP contribution in [0.5, 0.6) is 0 Å². The summed E-state index contributed by atoms with van der Waals surface area (Å²) in [4.78, 5) is 27.0. The predicted molar refractivity (Wildman–Crippen MR) is 130 cm³/mol. The second kappa shape index (κ2) is 9.82. The fourth-order valence-corrected chi connectivity index (χ4v) is 4.18. The summed E-state index contributed by atoms with van der Waals surface area (Å²) < 4.78 is 6.87. The monoisotopic (exact) mass is 500 g/mol. The van der Waals surface area contributed by atoms with Gasteiger partial charge < -0.3 is 0 Å². The molecule has 0 bridgehead atoms. The SMILES string of the molecule is CCCCNC(=O)c1ccc(C(=O)O)c(-c2c3cc[c](=[Ni])cc-3oc3cc(N(C)C)ccc23)c1. The molecule has 1 amide bonds. The molecule has 6 nitrogen and oxygen atoms in total. The Morgan fingerprint density at radius 2 is 1.82 bits per heavy atom. The summed E-state index contributed by atoms with van der Waals surface area (Å²) in [6.07, 6.45) is 1.84. The maximum atomic E-state index is 12.8. The predicted octanol–water partition coefficient (Wildman–Crippen LogP) is 5.58. The van der Waals surface area contributed by atoms with Crippen LogP contribution in [0.2, 0.25) is 0 Å². The van der Waals surface area contributed by atoms with Crippen molar-refractivity contribution in [1.29, 1.82) is 0 Å². The number of aromatic carboxylic acids is 1. The van der Waals surface area contributed by atoms with Crippen LogP contribution in [0.4, 0.5) is 5.69 Å². The number of hydrogen-bond acceptors (Lipinski definition) is 4. The molecule has 2 aromatic carbocycles. The molecular formula is C27H26N2NiO4. The molecule has 0 fully saturated rings. The molecule has 4 rings (SSSR count). The van der Waals surface area contributed by atoms with Gasteiger partial charge in [0.15, 0.2) is 0 Å². The van der Waals surface area contributed by atoms with E-state index in [2.05, 4.69) is 12.2 Å². The number of rotatable bonds is 7. The van der Waals surface area contributed by atoms with Crippen molar-refractivity contribution >= 4 is 28.5 Å². The number of nitrogens with one attached hydrogen (secondary N) is 1. The van der Waals surface area contributed by atoms with Gasteiger partial charge in [0.2, 0.25) is 0 Å². The number of nitrogens with zero attached hydrogens (tertiary/aromatic N) is 1. The van der Waals surface area contributed by atoms with E-state index < -0.39 is 5.97 Å². The Bertz CT molecular complexity index is 1420. The summed E-state index contributed by atoms with van der Waals surface area (Å²) in [7, 11) is 3.88. The number of fused-ring (bicyclic) bond motifs is 2. The Morgan fingerprint density at radius 1 is 1.03 bits per heavy atom. The quantitative estimate of drug-likeness (QED) is 0.196. The molecule has 1 heterocycles. The van der Waals surface area contributed by atoms with Crippen LogP contribution in [0.25, 0.3) is 33.4 Å². The standard InChI is InChI=1S/C27H26N2O4.Ni/c1-4-5-14-28-26(30)17-10-12-19(27(31)32)22(15-17)25-20-8-6-7-9-23(20)33-24-16-18(29(2)3)11-13-21(24)25;/h6,8-13,15-16H,4-5,14H2,1-3H3,(H,28,30)(H,31,32);. The third-order valence-corrected chi connectivity index (χ3v) is 6.07. The number of amides is 1. The van der Waals surface area contributed by atoms with Crippen molar-refractivity contribution in [3.63, 3.8) is 0 Å². The molecule has 0 saturated carbocycles. The second-order valence-electron chi connectivity index (χ2n) is 8.33. The van der Waals surface area contributed by atoms with Gasteiger partial charge in [0.1, 0.15) is 0 Å². The summed E-state index contributed by atoms with van der Waals surface area (Å²) in [6, 6.07) is 15.9. The first kappa shape index (κ1) is 23.7. The van der Waals surface area contributed by atoms with Crippen LogP contribution in [0.1, 0.15) is 40.5 Å². The number of hydrogen-bond donors (Lipinski definition) is 2. The fourth-order valence-electron chi connectivity index (χ4n) is 3.97. The number of unbranched alkanes of at least 4 members (excludes halogenated alkanes) is 1. The molecule has 2 aliphatic rings. The first-order valence-electron chi connectivity index (χ1n) is 11.1. The Labute approximate surface area is 205 Å². The number of carboxylic acids is 1. The third-order valence-electron chi connectivity index (χ3n) is 5.76. The molecule has 1 aliphatic carbocycles. The minimum absolute atomic E-state index is 0.112. The summed E-state index contributed by atoms with van der Waals surface area (Å²) >= 11 is 5.01. The van der Waals surface area contributed by atoms with Gasteiger partial charge in [0.25, 0.3) is 0 Å². The van der Waals surface area contributed by atoms with E-state index in [0.717, 1.165) is 29.5 Å². The van der Waals surface area contributed by atoms with Crippen LogP contribution in [-0.4, -0.2) is 37.6 Å². The van der Waals surface area contributed by atoms with Crippen LogP contribution >= 0.6 is 0 Å². The van der Waals surface area contributed by atoms with Gasteiger partial charge in [-0.05, 0) is 0 Å². The molecule has 0 unspecified atom stereocenters. The van der Waals surface area contributed by atoms with E-state index in [1.807, 2.05) is 49.3 Å². The minimum atomic E-state index is -1.07. The van der Waals surface area contributed by atoms with Crippen LogP contribution in [0.3, 0.4) is 0 Å². The van der Waals surface area contributed by atoms with E-state index in [0.29, 0.717) is 38.7 Å². The van der Waals surface area contributed by atoms with E-state index in [-0.39, 0.29) is 11.5 Å². The molecule has 0 atom stereocenters. The van der Waals surface area contributed by atoms with Crippen molar-refractivity contribution in [1.82, 2.24) is 5.32 Å². The van der Waals surface area contributed by atoms with Crippen LogP contribution < -0.4 is 10.2 Å². The first-order valence-corrected chi connectivity index (χ1v) is 11.6. The van der Waals surface area contributed by atoms with Crippen LogP contribution in [-0.2, 0) is 15.0 Å². The topological polar surface area (TPSA) is 82.8 Å². The molecule has 2 N–H and O–H groups in total. The first-order chi connectivity index (χ1) is 16.3. The summed E-state index contributed by atoms with van der Waals surface area (Å²) in [5.74, 6) is -0.733. The summed E-state index contributed by atoms with van der Waals surface area (Å²) in [5, 5.41) is 13.7. The average Bonchev–Trinajstić information content (AvgIpc) is 2.81. The zero-order chi connectivity index (χ0) is 24.4. The van der Waals surface area contributed by atoms with Crippen LogP contribution in [0.15, 0.2) is 59.0 Å². The molecule has 0 saturated heterocycles. The molecule has 178 valence electrons. The van der Waals surface area contributed by atoms with Gasteiger partial charge in [-0.1, -0.05) is 13.3 Å². The number of carboxylic acid groups (broad SMARTS) is 1. The van der Waals surface area contributed by atoms with E-state index in [9.17, 15) is 14.7 Å². The van der Waals surface area contributed by atoms with Crippen molar-refractivity contribution in [2.75, 3.05) is 25.5 Å². The number of carbonyl (C=O) groups excluding carboxylic acids is 1. The number of anilines is 1. The van der Waals surface area contributed by atoms with E-state index in [1.165, 1.54) is 6.07 Å². The van der Waals surface area contributed by atoms with Crippen molar-refractivity contribution in [3.05, 3.63) is 69.9 Å². The van der Waals surface area contributed by atoms with Crippen LogP contribution in [0, 0.1) is 4.14 Å². The van der Waals surface area contributed by atoms with E-state index >= 15 is 0 Å².